The van der Waals surface area contributed by atoms with Crippen LogP contribution in [0, 0.1) is 0 Å². The van der Waals surface area contributed by atoms with Gasteiger partial charge in [0.05, 0.1) is 17.6 Å². The molecule has 162 valence electrons. The Morgan fingerprint density at radius 1 is 0.647 bits per heavy atom. The van der Waals surface area contributed by atoms with E-state index < -0.39 is 0 Å². The molecule has 3 nitrogen and oxygen atoms in total. The molecular formula is C31H22N2O. The summed E-state index contributed by atoms with van der Waals surface area (Å²) < 4.78 is 8.45. The zero-order valence-corrected chi connectivity index (χ0v) is 18.6. The molecule has 3 heteroatoms. The van der Waals surface area contributed by atoms with Crippen molar-refractivity contribution < 1.29 is 4.74 Å². The van der Waals surface area contributed by atoms with Gasteiger partial charge in [-0.15, -0.1) is 0 Å². The Morgan fingerprint density at radius 3 is 2.26 bits per heavy atom. The molecule has 0 aliphatic carbocycles. The van der Waals surface area contributed by atoms with Crippen LogP contribution in [0.3, 0.4) is 0 Å². The van der Waals surface area contributed by atoms with Crippen LogP contribution in [0.1, 0.15) is 5.56 Å². The molecule has 0 atom stereocenters. The number of imidazole rings is 1. The first-order chi connectivity index (χ1) is 16.9. The molecule has 0 fully saturated rings. The average molecular weight is 439 g/mol. The van der Waals surface area contributed by atoms with Gasteiger partial charge in [0.25, 0.3) is 0 Å². The topological polar surface area (TPSA) is 27.1 Å². The molecule has 5 aromatic carbocycles. The van der Waals surface area contributed by atoms with Gasteiger partial charge in [0.2, 0.25) is 0 Å². The highest BCUT2D eigenvalue weighted by Crippen LogP contribution is 2.39. The van der Waals surface area contributed by atoms with Crippen LogP contribution < -0.4 is 0 Å². The van der Waals surface area contributed by atoms with Crippen molar-refractivity contribution in [2.45, 2.75) is 13.3 Å². The molecule has 0 N–H and O–H groups in total. The van der Waals surface area contributed by atoms with Crippen LogP contribution in [0.15, 0.2) is 109 Å². The van der Waals surface area contributed by atoms with Crippen molar-refractivity contribution >= 4 is 21.8 Å². The normalized spacial score (nSPS) is 12.9. The van der Waals surface area contributed by atoms with Gasteiger partial charge >= 0.3 is 0 Å². The van der Waals surface area contributed by atoms with Gasteiger partial charge in [-0.1, -0.05) is 97.1 Å². The lowest BCUT2D eigenvalue weighted by Crippen LogP contribution is -2.08. The molecule has 2 heterocycles. The van der Waals surface area contributed by atoms with Crippen molar-refractivity contribution in [3.05, 3.63) is 115 Å². The maximum Gasteiger partial charge on any atom is 0.143 e. The van der Waals surface area contributed by atoms with E-state index in [0.717, 1.165) is 22.4 Å². The standard InChI is InChI=1S/C31H22N2O/c1-3-8-21(9-4-1)23-15-17-28-29(18-23)33-20-34-19-24-14-16-25(22-10-5-2-6-11-22)26-12-7-13-27(30(24)26)31(33)32-28/h1-18H,19-20H2. The van der Waals surface area contributed by atoms with Crippen LogP contribution in [0.25, 0.3) is 55.4 Å². The van der Waals surface area contributed by atoms with Crippen LogP contribution in [-0.2, 0) is 18.1 Å². The highest BCUT2D eigenvalue weighted by atomic mass is 16.5. The van der Waals surface area contributed by atoms with E-state index in [1.165, 1.54) is 38.6 Å². The molecular weight excluding hydrogens is 416 g/mol. The molecule has 0 amide bonds. The summed E-state index contributed by atoms with van der Waals surface area (Å²) in [5, 5.41) is 2.46. The Hall–Kier alpha value is -4.21. The quantitative estimate of drug-likeness (QED) is 0.277. The van der Waals surface area contributed by atoms with E-state index in [0.29, 0.717) is 13.3 Å². The largest absolute Gasteiger partial charge is 0.356 e. The number of hydrogen-bond donors (Lipinski definition) is 0. The molecule has 0 spiro atoms. The van der Waals surface area contributed by atoms with Crippen molar-refractivity contribution in [2.75, 3.05) is 0 Å². The second kappa shape index (κ2) is 7.68. The lowest BCUT2D eigenvalue weighted by molar-refractivity contribution is 0.0675. The van der Waals surface area contributed by atoms with Gasteiger partial charge in [0, 0.05) is 5.56 Å². The zero-order chi connectivity index (χ0) is 22.5. The van der Waals surface area contributed by atoms with E-state index in [9.17, 15) is 0 Å². The number of rotatable bonds is 2. The van der Waals surface area contributed by atoms with Gasteiger partial charge < -0.3 is 4.74 Å². The summed E-state index contributed by atoms with van der Waals surface area (Å²) in [4.78, 5) is 5.10. The third-order valence-corrected chi connectivity index (χ3v) is 6.79. The maximum atomic E-state index is 6.23. The molecule has 0 saturated carbocycles. The second-order valence-electron chi connectivity index (χ2n) is 8.78. The summed E-state index contributed by atoms with van der Waals surface area (Å²) in [6.45, 7) is 1.04. The third-order valence-electron chi connectivity index (χ3n) is 6.79. The van der Waals surface area contributed by atoms with E-state index in [1.54, 1.807) is 0 Å². The molecule has 0 radical (unpaired) electrons. The fraction of sp³-hybridized carbons (Fsp3) is 0.0645. The minimum Gasteiger partial charge on any atom is -0.356 e. The van der Waals surface area contributed by atoms with Gasteiger partial charge in [0.1, 0.15) is 12.6 Å². The highest BCUT2D eigenvalue weighted by Gasteiger charge is 2.21. The Morgan fingerprint density at radius 2 is 1.44 bits per heavy atom. The predicted octanol–water partition coefficient (Wildman–Crippen LogP) is 7.68. The lowest BCUT2D eigenvalue weighted by atomic mass is 9.92. The number of hydrogen-bond acceptors (Lipinski definition) is 2. The zero-order valence-electron chi connectivity index (χ0n) is 18.6. The van der Waals surface area contributed by atoms with Gasteiger partial charge in [0.15, 0.2) is 0 Å². The van der Waals surface area contributed by atoms with Gasteiger partial charge in [-0.3, -0.25) is 4.57 Å². The second-order valence-corrected chi connectivity index (χ2v) is 8.78. The molecule has 0 unspecified atom stereocenters. The molecule has 0 bridgehead atoms. The number of ether oxygens (including phenoxy) is 1. The minimum atomic E-state index is 0.473. The smallest absolute Gasteiger partial charge is 0.143 e. The Bertz CT molecular complexity index is 1670. The number of aromatic nitrogens is 2. The minimum absolute atomic E-state index is 0.473. The molecule has 6 aromatic rings. The first-order valence-electron chi connectivity index (χ1n) is 11.6. The van der Waals surface area contributed by atoms with Crippen molar-refractivity contribution in [3.63, 3.8) is 0 Å². The highest BCUT2D eigenvalue weighted by molar-refractivity contribution is 6.06. The fourth-order valence-corrected chi connectivity index (χ4v) is 5.17. The van der Waals surface area contributed by atoms with Crippen LogP contribution in [0.4, 0.5) is 0 Å². The first-order valence-corrected chi connectivity index (χ1v) is 11.6. The average Bonchev–Trinajstić information content (AvgIpc) is 3.25. The van der Waals surface area contributed by atoms with Gasteiger partial charge in [-0.25, -0.2) is 4.98 Å². The SMILES string of the molecule is c1ccc(-c2ccc3nc4n(c3c2)COCc2ccc(-c3ccccc3)c3cccc-4c23)cc1. The van der Waals surface area contributed by atoms with E-state index >= 15 is 0 Å². The fourth-order valence-electron chi connectivity index (χ4n) is 5.17. The van der Waals surface area contributed by atoms with Crippen molar-refractivity contribution in [1.82, 2.24) is 9.55 Å². The Balaban J connectivity index is 1.49. The van der Waals surface area contributed by atoms with E-state index in [2.05, 4.69) is 108 Å². The third kappa shape index (κ3) is 2.98. The Kier molecular flexibility index (Phi) is 4.36. The van der Waals surface area contributed by atoms with E-state index in [1.807, 2.05) is 6.07 Å². The van der Waals surface area contributed by atoms with Gasteiger partial charge in [-0.2, -0.15) is 0 Å². The molecule has 34 heavy (non-hydrogen) atoms. The molecule has 0 saturated heterocycles. The summed E-state index contributed by atoms with van der Waals surface area (Å²) in [6.07, 6.45) is 0. The number of nitrogens with zero attached hydrogens (tertiary/aromatic N) is 2. The predicted molar refractivity (Wildman–Crippen MR) is 138 cm³/mol. The molecule has 1 aromatic heterocycles. The monoisotopic (exact) mass is 438 g/mol. The van der Waals surface area contributed by atoms with Gasteiger partial charge in [-0.05, 0) is 50.7 Å². The summed E-state index contributed by atoms with van der Waals surface area (Å²) in [6, 6.07) is 38.6. The van der Waals surface area contributed by atoms with Crippen molar-refractivity contribution in [2.24, 2.45) is 0 Å². The lowest BCUT2D eigenvalue weighted by Gasteiger charge is -2.20. The van der Waals surface area contributed by atoms with Crippen LogP contribution in [0.2, 0.25) is 0 Å². The van der Waals surface area contributed by atoms with Crippen molar-refractivity contribution in [3.8, 4) is 33.6 Å². The van der Waals surface area contributed by atoms with Crippen LogP contribution in [-0.4, -0.2) is 9.55 Å². The summed E-state index contributed by atoms with van der Waals surface area (Å²) in [5.74, 6) is 0.956. The van der Waals surface area contributed by atoms with E-state index in [4.69, 9.17) is 9.72 Å². The van der Waals surface area contributed by atoms with Crippen LogP contribution >= 0.6 is 0 Å². The number of benzene rings is 5. The summed E-state index contributed by atoms with van der Waals surface area (Å²) >= 11 is 0. The first kappa shape index (κ1) is 19.3. The number of fused-ring (bicyclic) bond motifs is 4. The molecule has 1 aliphatic heterocycles. The van der Waals surface area contributed by atoms with Crippen LogP contribution in [0.5, 0.6) is 0 Å². The Labute approximate surface area is 197 Å². The van der Waals surface area contributed by atoms with E-state index in [-0.39, 0.29) is 0 Å². The van der Waals surface area contributed by atoms with Crippen molar-refractivity contribution in [1.29, 1.82) is 0 Å². The maximum absolute atomic E-state index is 6.23. The summed E-state index contributed by atoms with van der Waals surface area (Å²) in [5.41, 5.74) is 9.27. The molecule has 7 rings (SSSR count). The molecule has 1 aliphatic rings. The summed E-state index contributed by atoms with van der Waals surface area (Å²) in [7, 11) is 0.